The summed E-state index contributed by atoms with van der Waals surface area (Å²) in [5, 5.41) is 10.4. The minimum Gasteiger partial charge on any atom is -0.388 e. The van der Waals surface area contributed by atoms with Crippen molar-refractivity contribution in [1.82, 2.24) is 4.90 Å². The number of hydrogen-bond acceptors (Lipinski definition) is 2. The topological polar surface area (TPSA) is 23.5 Å². The second kappa shape index (κ2) is 4.32. The fraction of sp³-hybridized carbons (Fsp3) is 0.500. The Balaban J connectivity index is 2.12. The fourth-order valence-corrected chi connectivity index (χ4v) is 2.44. The first-order valence-corrected chi connectivity index (χ1v) is 5.71. The third-order valence-electron chi connectivity index (χ3n) is 3.04. The molecule has 1 atom stereocenters. The van der Waals surface area contributed by atoms with Crippen molar-refractivity contribution >= 4 is 11.6 Å². The second-order valence-corrected chi connectivity index (χ2v) is 5.04. The molecule has 0 spiro atoms. The molecule has 0 amide bonds. The summed E-state index contributed by atoms with van der Waals surface area (Å²) in [5.41, 5.74) is 0.180. The molecule has 88 valence electrons. The maximum atomic E-state index is 13.0. The van der Waals surface area contributed by atoms with Crippen LogP contribution in [0.25, 0.3) is 0 Å². The highest BCUT2D eigenvalue weighted by Gasteiger charge is 2.34. The zero-order valence-electron chi connectivity index (χ0n) is 9.21. The third kappa shape index (κ3) is 2.54. The Morgan fingerprint density at radius 2 is 2.31 bits per heavy atom. The summed E-state index contributed by atoms with van der Waals surface area (Å²) < 4.78 is 13.0. The van der Waals surface area contributed by atoms with Crippen molar-refractivity contribution in [3.8, 4) is 0 Å². The Morgan fingerprint density at radius 3 is 2.88 bits per heavy atom. The zero-order valence-corrected chi connectivity index (χ0v) is 9.97. The smallest absolute Gasteiger partial charge is 0.141 e. The van der Waals surface area contributed by atoms with Crippen molar-refractivity contribution in [2.45, 2.75) is 18.4 Å². The predicted octanol–water partition coefficient (Wildman–Crippen LogP) is 2.09. The molecule has 1 aromatic carbocycles. The number of hydrogen-bond donors (Lipinski definition) is 1. The molecule has 0 aliphatic carbocycles. The summed E-state index contributed by atoms with van der Waals surface area (Å²) in [6, 6.07) is 4.62. The van der Waals surface area contributed by atoms with Gasteiger partial charge in [-0.05, 0) is 31.2 Å². The van der Waals surface area contributed by atoms with Crippen molar-refractivity contribution < 1.29 is 9.50 Å². The number of benzene rings is 1. The Labute approximate surface area is 99.6 Å². The van der Waals surface area contributed by atoms with Crippen LogP contribution in [0.1, 0.15) is 12.0 Å². The molecule has 1 saturated heterocycles. The lowest BCUT2D eigenvalue weighted by Gasteiger charge is -2.22. The van der Waals surface area contributed by atoms with Crippen LogP contribution in [0, 0.1) is 5.82 Å². The summed E-state index contributed by atoms with van der Waals surface area (Å²) in [7, 11) is 1.98. The van der Waals surface area contributed by atoms with Gasteiger partial charge < -0.3 is 10.0 Å². The van der Waals surface area contributed by atoms with Gasteiger partial charge in [0.25, 0.3) is 0 Å². The zero-order chi connectivity index (χ0) is 11.8. The van der Waals surface area contributed by atoms with Crippen LogP contribution in [0.4, 0.5) is 4.39 Å². The lowest BCUT2D eigenvalue weighted by atomic mass is 9.94. The lowest BCUT2D eigenvalue weighted by molar-refractivity contribution is 0.0523. The molecule has 4 heteroatoms. The van der Waals surface area contributed by atoms with Gasteiger partial charge in [-0.1, -0.05) is 17.7 Å². The normalized spacial score (nSPS) is 26.2. The number of β-amino-alcohol motifs (C(OH)–C–C–N with tert-alkyl or cyclic N) is 1. The largest absolute Gasteiger partial charge is 0.388 e. The molecule has 0 bridgehead atoms. The molecule has 1 heterocycles. The fourth-order valence-electron chi connectivity index (χ4n) is 2.23. The van der Waals surface area contributed by atoms with E-state index in [0.717, 1.165) is 18.5 Å². The van der Waals surface area contributed by atoms with Crippen LogP contribution in [0.2, 0.25) is 5.02 Å². The quantitative estimate of drug-likeness (QED) is 0.860. The molecule has 0 radical (unpaired) electrons. The van der Waals surface area contributed by atoms with Crippen molar-refractivity contribution in [2.24, 2.45) is 0 Å². The van der Waals surface area contributed by atoms with Crippen LogP contribution in [0.3, 0.4) is 0 Å². The van der Waals surface area contributed by atoms with Crippen LogP contribution in [0.5, 0.6) is 0 Å². The predicted molar refractivity (Wildman–Crippen MR) is 62.2 cm³/mol. The van der Waals surface area contributed by atoms with Crippen molar-refractivity contribution in [1.29, 1.82) is 0 Å². The molecule has 1 N–H and O–H groups in total. The van der Waals surface area contributed by atoms with Gasteiger partial charge in [0.15, 0.2) is 0 Å². The van der Waals surface area contributed by atoms with Gasteiger partial charge >= 0.3 is 0 Å². The van der Waals surface area contributed by atoms with E-state index in [1.54, 1.807) is 12.1 Å². The molecule has 1 fully saturated rings. The van der Waals surface area contributed by atoms with Crippen LogP contribution >= 0.6 is 11.6 Å². The van der Waals surface area contributed by atoms with Gasteiger partial charge in [-0.3, -0.25) is 0 Å². The number of rotatable bonds is 2. The number of nitrogens with zero attached hydrogens (tertiary/aromatic N) is 1. The average molecular weight is 244 g/mol. The molecular weight excluding hydrogens is 229 g/mol. The third-order valence-corrected chi connectivity index (χ3v) is 3.33. The van der Waals surface area contributed by atoms with Gasteiger partial charge in [-0.2, -0.15) is 0 Å². The number of halogens is 2. The number of likely N-dealkylation sites (N-methyl/N-ethyl adjacent to an activating group) is 1. The Hall–Kier alpha value is -0.640. The first-order valence-electron chi connectivity index (χ1n) is 5.33. The van der Waals surface area contributed by atoms with E-state index in [9.17, 15) is 9.50 Å². The number of aliphatic hydroxyl groups is 1. The summed E-state index contributed by atoms with van der Waals surface area (Å²) in [5.74, 6) is -0.416. The molecular formula is C12H15ClFNO. The Bertz CT molecular complexity index is 399. The first-order chi connectivity index (χ1) is 7.48. The average Bonchev–Trinajstić information content (AvgIpc) is 2.52. The Morgan fingerprint density at radius 1 is 1.56 bits per heavy atom. The second-order valence-electron chi connectivity index (χ2n) is 4.64. The monoisotopic (exact) mass is 243 g/mol. The minimum absolute atomic E-state index is 0.118. The van der Waals surface area contributed by atoms with E-state index in [1.165, 1.54) is 6.07 Å². The Kier molecular flexibility index (Phi) is 3.19. The molecule has 1 aromatic rings. The van der Waals surface area contributed by atoms with Gasteiger partial charge in [-0.25, -0.2) is 4.39 Å². The van der Waals surface area contributed by atoms with Gasteiger partial charge in [0.1, 0.15) is 5.82 Å². The summed E-state index contributed by atoms with van der Waals surface area (Å²) in [4.78, 5) is 2.09. The standard InChI is InChI=1S/C12H15ClFNO/c1-15-5-4-12(16,8-15)7-9-2-3-11(14)10(13)6-9/h2-3,6,16H,4-5,7-8H2,1H3. The van der Waals surface area contributed by atoms with Crippen molar-refractivity contribution in [2.75, 3.05) is 20.1 Å². The first kappa shape index (κ1) is 11.8. The van der Waals surface area contributed by atoms with Gasteiger partial charge in [0.05, 0.1) is 10.6 Å². The van der Waals surface area contributed by atoms with Gasteiger partial charge in [0.2, 0.25) is 0 Å². The summed E-state index contributed by atoms with van der Waals surface area (Å²) in [6.07, 6.45) is 1.27. The van der Waals surface area contributed by atoms with Crippen LogP contribution in [-0.4, -0.2) is 35.7 Å². The van der Waals surface area contributed by atoms with E-state index in [-0.39, 0.29) is 5.02 Å². The summed E-state index contributed by atoms with van der Waals surface area (Å²) >= 11 is 5.71. The minimum atomic E-state index is -0.699. The van der Waals surface area contributed by atoms with Crippen molar-refractivity contribution in [3.63, 3.8) is 0 Å². The van der Waals surface area contributed by atoms with E-state index in [0.29, 0.717) is 13.0 Å². The highest BCUT2D eigenvalue weighted by molar-refractivity contribution is 6.30. The SMILES string of the molecule is CN1CCC(O)(Cc2ccc(F)c(Cl)c2)C1. The molecule has 1 aliphatic rings. The molecule has 2 rings (SSSR count). The van der Waals surface area contributed by atoms with Gasteiger partial charge in [-0.15, -0.1) is 0 Å². The molecule has 16 heavy (non-hydrogen) atoms. The van der Waals surface area contributed by atoms with Crippen LogP contribution in [-0.2, 0) is 6.42 Å². The molecule has 0 saturated carbocycles. The lowest BCUT2D eigenvalue weighted by Crippen LogP contribution is -2.34. The molecule has 2 nitrogen and oxygen atoms in total. The van der Waals surface area contributed by atoms with E-state index < -0.39 is 11.4 Å². The van der Waals surface area contributed by atoms with Gasteiger partial charge in [0, 0.05) is 19.5 Å². The molecule has 1 unspecified atom stereocenters. The van der Waals surface area contributed by atoms with Crippen molar-refractivity contribution in [3.05, 3.63) is 34.6 Å². The summed E-state index contributed by atoms with van der Waals surface area (Å²) in [6.45, 7) is 1.55. The van der Waals surface area contributed by atoms with Crippen LogP contribution < -0.4 is 0 Å². The van der Waals surface area contributed by atoms with E-state index in [2.05, 4.69) is 4.90 Å². The maximum Gasteiger partial charge on any atom is 0.141 e. The molecule has 0 aromatic heterocycles. The van der Waals surface area contributed by atoms with E-state index in [1.807, 2.05) is 7.05 Å². The van der Waals surface area contributed by atoms with E-state index >= 15 is 0 Å². The van der Waals surface area contributed by atoms with E-state index in [4.69, 9.17) is 11.6 Å². The highest BCUT2D eigenvalue weighted by Crippen LogP contribution is 2.26. The van der Waals surface area contributed by atoms with Crippen LogP contribution in [0.15, 0.2) is 18.2 Å². The molecule has 1 aliphatic heterocycles. The number of likely N-dealkylation sites (tertiary alicyclic amines) is 1. The highest BCUT2D eigenvalue weighted by atomic mass is 35.5. The maximum absolute atomic E-state index is 13.0.